The molecule has 0 saturated carbocycles. The van der Waals surface area contributed by atoms with E-state index in [-0.39, 0.29) is 37.3 Å². The second kappa shape index (κ2) is 8.56. The molecule has 0 unspecified atom stereocenters. The van der Waals surface area contributed by atoms with Gasteiger partial charge in [0.25, 0.3) is 0 Å². The highest BCUT2D eigenvalue weighted by Gasteiger charge is 2.33. The molecule has 6 nitrogen and oxygen atoms in total. The molecule has 0 bridgehead atoms. The minimum atomic E-state index is -0.868. The number of carbonyl (C=O) groups excluding carboxylic acids is 1. The zero-order valence-electron chi connectivity index (χ0n) is 14.1. The first-order valence-corrected chi connectivity index (χ1v) is 8.98. The van der Waals surface area contributed by atoms with Gasteiger partial charge in [-0.1, -0.05) is 23.2 Å². The Labute approximate surface area is 157 Å². The number of aliphatic hydroxyl groups excluding tert-OH is 2. The van der Waals surface area contributed by atoms with Gasteiger partial charge in [0.1, 0.15) is 5.75 Å². The minimum absolute atomic E-state index is 0.0558. The average Bonchev–Trinajstić information content (AvgIpc) is 2.69. The van der Waals surface area contributed by atoms with Crippen LogP contribution in [0.3, 0.4) is 0 Å². The Bertz CT molecular complexity index is 623. The van der Waals surface area contributed by atoms with Crippen LogP contribution in [0.2, 0.25) is 10.0 Å². The Hall–Kier alpha value is -1.05. The van der Waals surface area contributed by atoms with Crippen molar-refractivity contribution in [1.29, 1.82) is 0 Å². The summed E-state index contributed by atoms with van der Waals surface area (Å²) in [4.78, 5) is 14.0. The molecule has 0 radical (unpaired) electrons. The topological polar surface area (TPSA) is 93.0 Å². The molecule has 2 rings (SSSR count). The molecule has 140 valence electrons. The van der Waals surface area contributed by atoms with Crippen molar-refractivity contribution in [3.8, 4) is 5.75 Å². The summed E-state index contributed by atoms with van der Waals surface area (Å²) < 4.78 is 0. The number of hydrogen-bond donors (Lipinski definition) is 4. The Kier molecular flexibility index (Phi) is 6.93. The molecular weight excluding hydrogens is 367 g/mol. The van der Waals surface area contributed by atoms with Gasteiger partial charge >= 0.3 is 0 Å². The number of aliphatic hydroxyl groups is 2. The van der Waals surface area contributed by atoms with Crippen molar-refractivity contribution >= 4 is 29.1 Å². The molecular formula is C17H24Cl2N2O4. The molecule has 1 aliphatic heterocycles. The summed E-state index contributed by atoms with van der Waals surface area (Å²) in [5, 5.41) is 32.9. The van der Waals surface area contributed by atoms with Crippen LogP contribution in [-0.2, 0) is 4.79 Å². The smallest absolute Gasteiger partial charge is 0.234 e. The Morgan fingerprint density at radius 2 is 2.00 bits per heavy atom. The Morgan fingerprint density at radius 1 is 1.32 bits per heavy atom. The number of phenols is 1. The number of hydrogen-bond acceptors (Lipinski definition) is 5. The Morgan fingerprint density at radius 3 is 2.64 bits per heavy atom. The first kappa shape index (κ1) is 20.3. The zero-order chi connectivity index (χ0) is 18.6. The van der Waals surface area contributed by atoms with Crippen molar-refractivity contribution in [1.82, 2.24) is 10.2 Å². The van der Waals surface area contributed by atoms with Crippen LogP contribution in [-0.4, -0.2) is 64.5 Å². The molecule has 1 heterocycles. The van der Waals surface area contributed by atoms with Gasteiger partial charge in [0.05, 0.1) is 35.3 Å². The van der Waals surface area contributed by atoms with Crippen molar-refractivity contribution in [2.45, 2.75) is 31.2 Å². The number of halogens is 2. The van der Waals surface area contributed by atoms with Gasteiger partial charge in [-0.25, -0.2) is 0 Å². The largest absolute Gasteiger partial charge is 0.508 e. The van der Waals surface area contributed by atoms with E-state index in [0.717, 1.165) is 0 Å². The molecule has 0 spiro atoms. The number of nitrogens with one attached hydrogen (secondary N) is 1. The normalized spacial score (nSPS) is 20.5. The fraction of sp³-hybridized carbons (Fsp3) is 0.588. The van der Waals surface area contributed by atoms with E-state index in [1.54, 1.807) is 11.8 Å². The van der Waals surface area contributed by atoms with Crippen molar-refractivity contribution in [3.05, 3.63) is 27.7 Å². The van der Waals surface area contributed by atoms with Crippen molar-refractivity contribution in [2.24, 2.45) is 0 Å². The van der Waals surface area contributed by atoms with Gasteiger partial charge in [-0.2, -0.15) is 0 Å². The van der Waals surface area contributed by atoms with E-state index in [1.165, 1.54) is 12.1 Å². The van der Waals surface area contributed by atoms with Crippen LogP contribution in [0.15, 0.2) is 12.1 Å². The van der Waals surface area contributed by atoms with Crippen LogP contribution in [0.4, 0.5) is 0 Å². The predicted molar refractivity (Wildman–Crippen MR) is 97.3 cm³/mol. The summed E-state index contributed by atoms with van der Waals surface area (Å²) >= 11 is 12.3. The monoisotopic (exact) mass is 390 g/mol. The molecule has 0 aliphatic carbocycles. The molecule has 8 heteroatoms. The quantitative estimate of drug-likeness (QED) is 0.628. The number of amides is 1. The maximum absolute atomic E-state index is 12.3. The van der Waals surface area contributed by atoms with E-state index in [1.807, 2.05) is 0 Å². The molecule has 1 aliphatic rings. The van der Waals surface area contributed by atoms with Crippen LogP contribution in [0.5, 0.6) is 5.75 Å². The number of carbonyl (C=O) groups is 1. The van der Waals surface area contributed by atoms with E-state index in [0.29, 0.717) is 41.5 Å². The van der Waals surface area contributed by atoms with E-state index in [4.69, 9.17) is 23.2 Å². The lowest BCUT2D eigenvalue weighted by Gasteiger charge is -2.38. The molecule has 1 fully saturated rings. The van der Waals surface area contributed by atoms with Gasteiger partial charge in [-0.05, 0) is 38.4 Å². The van der Waals surface area contributed by atoms with E-state index in [9.17, 15) is 20.1 Å². The minimum Gasteiger partial charge on any atom is -0.508 e. The van der Waals surface area contributed by atoms with Crippen LogP contribution < -0.4 is 5.32 Å². The standard InChI is InChI=1S/C17H24Cl2N2O4/c1-17(9-22,10-23)21-6-2-3-11(7-20-14(25)8-21)15-13(24)5-4-12(18)16(15)19/h4-5,11,22-24H,2-3,6-10H2,1H3,(H,20,25)/t11-/m0/s1. The van der Waals surface area contributed by atoms with Gasteiger partial charge in [-0.15, -0.1) is 0 Å². The molecule has 1 atom stereocenters. The predicted octanol–water partition coefficient (Wildman–Crippen LogP) is 1.74. The molecule has 1 aromatic rings. The summed E-state index contributed by atoms with van der Waals surface area (Å²) in [5.74, 6) is -0.331. The average molecular weight is 391 g/mol. The van der Waals surface area contributed by atoms with Crippen LogP contribution in [0, 0.1) is 0 Å². The summed E-state index contributed by atoms with van der Waals surface area (Å²) in [5.41, 5.74) is -0.331. The maximum atomic E-state index is 12.3. The lowest BCUT2D eigenvalue weighted by atomic mass is 9.92. The SMILES string of the molecule is CC(CO)(CO)N1CCC[C@H](c2c(O)ccc(Cl)c2Cl)CNC(=O)C1. The van der Waals surface area contributed by atoms with Gasteiger partial charge in [0, 0.05) is 18.0 Å². The molecule has 1 saturated heterocycles. The summed E-state index contributed by atoms with van der Waals surface area (Å²) in [6.45, 7) is 2.16. The van der Waals surface area contributed by atoms with Crippen LogP contribution in [0.1, 0.15) is 31.2 Å². The van der Waals surface area contributed by atoms with Gasteiger partial charge < -0.3 is 20.6 Å². The molecule has 4 N–H and O–H groups in total. The lowest BCUT2D eigenvalue weighted by Crippen LogP contribution is -2.55. The highest BCUT2D eigenvalue weighted by atomic mass is 35.5. The number of nitrogens with zero attached hydrogens (tertiary/aromatic N) is 1. The number of rotatable bonds is 4. The number of benzene rings is 1. The van der Waals surface area contributed by atoms with Crippen LogP contribution >= 0.6 is 23.2 Å². The van der Waals surface area contributed by atoms with Crippen molar-refractivity contribution in [3.63, 3.8) is 0 Å². The number of phenolic OH excluding ortho intramolecular Hbond substituents is 1. The van der Waals surface area contributed by atoms with Gasteiger partial charge in [0.15, 0.2) is 0 Å². The van der Waals surface area contributed by atoms with E-state index in [2.05, 4.69) is 5.32 Å². The van der Waals surface area contributed by atoms with Gasteiger partial charge in [0.2, 0.25) is 5.91 Å². The fourth-order valence-corrected chi connectivity index (χ4v) is 3.56. The van der Waals surface area contributed by atoms with E-state index < -0.39 is 5.54 Å². The maximum Gasteiger partial charge on any atom is 0.234 e. The first-order valence-electron chi connectivity index (χ1n) is 8.22. The molecule has 1 aromatic carbocycles. The molecule has 0 aromatic heterocycles. The zero-order valence-corrected chi connectivity index (χ0v) is 15.6. The second-order valence-electron chi connectivity index (χ2n) is 6.67. The third-order valence-electron chi connectivity index (χ3n) is 4.82. The number of aromatic hydroxyl groups is 1. The molecule has 1 amide bonds. The van der Waals surface area contributed by atoms with Crippen molar-refractivity contribution in [2.75, 3.05) is 32.8 Å². The first-order chi connectivity index (χ1) is 11.8. The van der Waals surface area contributed by atoms with Crippen molar-refractivity contribution < 1.29 is 20.1 Å². The second-order valence-corrected chi connectivity index (χ2v) is 7.46. The van der Waals surface area contributed by atoms with Gasteiger partial charge in [-0.3, -0.25) is 9.69 Å². The third-order valence-corrected chi connectivity index (χ3v) is 5.64. The Balaban J connectivity index is 2.23. The highest BCUT2D eigenvalue weighted by Crippen LogP contribution is 2.39. The fourth-order valence-electron chi connectivity index (χ4n) is 3.08. The third kappa shape index (κ3) is 4.57. The highest BCUT2D eigenvalue weighted by molar-refractivity contribution is 6.42. The summed E-state index contributed by atoms with van der Waals surface area (Å²) in [6.07, 6.45) is 1.37. The summed E-state index contributed by atoms with van der Waals surface area (Å²) in [6, 6.07) is 3.03. The summed E-state index contributed by atoms with van der Waals surface area (Å²) in [7, 11) is 0. The molecule has 25 heavy (non-hydrogen) atoms. The van der Waals surface area contributed by atoms with Crippen LogP contribution in [0.25, 0.3) is 0 Å². The lowest BCUT2D eigenvalue weighted by molar-refractivity contribution is -0.124. The van der Waals surface area contributed by atoms with E-state index >= 15 is 0 Å².